The van der Waals surface area contributed by atoms with Gasteiger partial charge in [-0.1, -0.05) is 53.9 Å². The average Bonchev–Trinajstić information content (AvgIpc) is 3.19. The van der Waals surface area contributed by atoms with Gasteiger partial charge < -0.3 is 15.2 Å². The van der Waals surface area contributed by atoms with Crippen molar-refractivity contribution in [1.29, 1.82) is 0 Å². The molecule has 2 N–H and O–H groups in total. The van der Waals surface area contributed by atoms with Crippen molar-refractivity contribution in [3.63, 3.8) is 0 Å². The lowest BCUT2D eigenvalue weighted by Crippen LogP contribution is -2.54. The zero-order chi connectivity index (χ0) is 27.0. The van der Waals surface area contributed by atoms with Crippen LogP contribution in [0.1, 0.15) is 119 Å². The van der Waals surface area contributed by atoms with Crippen LogP contribution in [0.25, 0.3) is 0 Å². The maximum atomic E-state index is 12.4. The van der Waals surface area contributed by atoms with Crippen molar-refractivity contribution in [3.05, 3.63) is 0 Å². The predicted octanol–water partition coefficient (Wildman–Crippen LogP) is 7.15. The van der Waals surface area contributed by atoms with Gasteiger partial charge in [-0.25, -0.2) is 4.79 Å². The topological polar surface area (TPSA) is 75.6 Å². The molecule has 0 aromatic rings. The Balaban J connectivity index is 1.36. The van der Waals surface area contributed by atoms with Gasteiger partial charge in [0.05, 0.1) is 6.61 Å². The number of nitrogens with one attached hydrogen (secondary N) is 1. The van der Waals surface area contributed by atoms with E-state index in [2.05, 4.69) is 39.9 Å². The molecule has 10 atom stereocenters. The summed E-state index contributed by atoms with van der Waals surface area (Å²) in [5, 5.41) is 11.9. The molecule has 4 fully saturated rings. The van der Waals surface area contributed by atoms with E-state index < -0.39 is 18.7 Å². The van der Waals surface area contributed by atoms with Crippen molar-refractivity contribution in [2.24, 2.45) is 52.3 Å². The predicted molar refractivity (Wildman–Crippen MR) is 148 cm³/mol. The molecule has 212 valence electrons. The Labute approximate surface area is 226 Å². The van der Waals surface area contributed by atoms with Gasteiger partial charge in [-0.15, -0.1) is 0 Å². The summed E-state index contributed by atoms with van der Waals surface area (Å²) in [5.41, 5.74) is 0.883. The Hall–Kier alpha value is -1.10. The summed E-state index contributed by atoms with van der Waals surface area (Å²) in [7, 11) is 0. The van der Waals surface area contributed by atoms with Crippen molar-refractivity contribution in [2.75, 3.05) is 6.61 Å². The number of ether oxygens (including phenoxy) is 1. The molecule has 4 rings (SSSR count). The second-order valence-electron chi connectivity index (χ2n) is 14.5. The number of amides is 1. The molecule has 10 unspecified atom stereocenters. The zero-order valence-electron chi connectivity index (χ0n) is 24.6. The van der Waals surface area contributed by atoms with Crippen molar-refractivity contribution in [2.45, 2.75) is 131 Å². The minimum atomic E-state index is -0.874. The highest BCUT2D eigenvalue weighted by molar-refractivity contribution is 5.85. The lowest BCUT2D eigenvalue weighted by molar-refractivity contribution is -0.130. The Kier molecular flexibility index (Phi) is 9.03. The van der Waals surface area contributed by atoms with Crippen LogP contribution in [0.15, 0.2) is 0 Å². The first-order valence-electron chi connectivity index (χ1n) is 15.6. The standard InChI is InChI=1S/C32H55NO4/c1-20(2)8-7-9-21(3)26-12-13-27-25-11-10-23-18-24(37-30(36)33-29(19-34)22(4)35)14-16-31(23,5)28(25)15-17-32(26,27)6/h20-21,23-29,34H,7-19H2,1-6H3,(H,33,36). The van der Waals surface area contributed by atoms with E-state index in [1.807, 2.05) is 0 Å². The van der Waals surface area contributed by atoms with Gasteiger partial charge in [-0.05, 0) is 117 Å². The largest absolute Gasteiger partial charge is 0.446 e. The van der Waals surface area contributed by atoms with E-state index in [-0.39, 0.29) is 11.9 Å². The fourth-order valence-corrected chi connectivity index (χ4v) is 9.95. The number of carbonyl (C=O) groups is 2. The van der Waals surface area contributed by atoms with Crippen LogP contribution in [0.4, 0.5) is 4.79 Å². The number of ketones is 1. The van der Waals surface area contributed by atoms with Crippen LogP contribution in [0.3, 0.4) is 0 Å². The molecule has 4 saturated carbocycles. The highest BCUT2D eigenvalue weighted by atomic mass is 16.6. The number of Topliss-reactive ketones (excluding diaryl/α,β-unsaturated/α-hetero) is 1. The van der Waals surface area contributed by atoms with Crippen LogP contribution in [0.2, 0.25) is 0 Å². The molecule has 0 spiro atoms. The maximum Gasteiger partial charge on any atom is 0.408 e. The van der Waals surface area contributed by atoms with E-state index >= 15 is 0 Å². The third-order valence-electron chi connectivity index (χ3n) is 12.1. The molecule has 4 aliphatic carbocycles. The van der Waals surface area contributed by atoms with Crippen LogP contribution in [0, 0.1) is 52.3 Å². The Morgan fingerprint density at radius 1 is 0.946 bits per heavy atom. The van der Waals surface area contributed by atoms with E-state index in [0.29, 0.717) is 16.7 Å². The van der Waals surface area contributed by atoms with Crippen molar-refractivity contribution >= 4 is 11.9 Å². The summed E-state index contributed by atoms with van der Waals surface area (Å²) >= 11 is 0. The molecule has 5 nitrogen and oxygen atoms in total. The molecule has 0 aliphatic heterocycles. The van der Waals surface area contributed by atoms with E-state index in [9.17, 15) is 14.7 Å². The lowest BCUT2D eigenvalue weighted by atomic mass is 9.44. The Morgan fingerprint density at radius 3 is 2.32 bits per heavy atom. The number of fused-ring (bicyclic) bond motifs is 5. The van der Waals surface area contributed by atoms with Crippen LogP contribution >= 0.6 is 0 Å². The third kappa shape index (κ3) is 5.77. The number of hydrogen-bond acceptors (Lipinski definition) is 4. The van der Waals surface area contributed by atoms with Gasteiger partial charge in [0.2, 0.25) is 0 Å². The summed E-state index contributed by atoms with van der Waals surface area (Å²) in [6.45, 7) is 13.5. The van der Waals surface area contributed by atoms with Crippen molar-refractivity contribution in [3.8, 4) is 0 Å². The molecule has 0 heterocycles. The minimum absolute atomic E-state index is 0.0858. The normalized spacial score (nSPS) is 40.8. The molecule has 0 aromatic carbocycles. The fraction of sp³-hybridized carbons (Fsp3) is 0.938. The Morgan fingerprint density at radius 2 is 1.65 bits per heavy atom. The van der Waals surface area contributed by atoms with Crippen LogP contribution < -0.4 is 5.32 Å². The third-order valence-corrected chi connectivity index (χ3v) is 12.1. The van der Waals surface area contributed by atoms with Crippen molar-refractivity contribution < 1.29 is 19.4 Å². The maximum absolute atomic E-state index is 12.4. The number of hydrogen-bond donors (Lipinski definition) is 2. The highest BCUT2D eigenvalue weighted by Gasteiger charge is 2.60. The van der Waals surface area contributed by atoms with E-state index in [1.54, 1.807) is 0 Å². The van der Waals surface area contributed by atoms with Gasteiger partial charge in [-0.2, -0.15) is 0 Å². The molecule has 0 aromatic heterocycles. The number of alkyl carbamates (subject to hydrolysis) is 1. The molecule has 37 heavy (non-hydrogen) atoms. The fourth-order valence-electron chi connectivity index (χ4n) is 9.95. The summed E-state index contributed by atoms with van der Waals surface area (Å²) in [4.78, 5) is 24.0. The lowest BCUT2D eigenvalue weighted by Gasteiger charge is -2.61. The second-order valence-corrected chi connectivity index (χ2v) is 14.5. The van der Waals surface area contributed by atoms with Gasteiger partial charge in [0, 0.05) is 0 Å². The smallest absolute Gasteiger partial charge is 0.408 e. The van der Waals surface area contributed by atoms with Crippen LogP contribution in [-0.4, -0.2) is 35.7 Å². The van der Waals surface area contributed by atoms with Gasteiger partial charge in [-0.3, -0.25) is 4.79 Å². The monoisotopic (exact) mass is 517 g/mol. The number of carbonyl (C=O) groups excluding carboxylic acids is 2. The quantitative estimate of drug-likeness (QED) is 0.340. The molecule has 0 saturated heterocycles. The van der Waals surface area contributed by atoms with Gasteiger partial charge in [0.15, 0.2) is 5.78 Å². The first-order valence-corrected chi connectivity index (χ1v) is 15.6. The average molecular weight is 518 g/mol. The Bertz CT molecular complexity index is 813. The summed E-state index contributed by atoms with van der Waals surface area (Å²) < 4.78 is 5.76. The van der Waals surface area contributed by atoms with Gasteiger partial charge >= 0.3 is 6.09 Å². The second kappa shape index (κ2) is 11.6. The summed E-state index contributed by atoms with van der Waals surface area (Å²) in [6.07, 6.45) is 14.7. The van der Waals surface area contributed by atoms with Crippen molar-refractivity contribution in [1.82, 2.24) is 5.32 Å². The number of aliphatic hydroxyl groups is 1. The van der Waals surface area contributed by atoms with E-state index in [0.717, 1.165) is 54.8 Å². The van der Waals surface area contributed by atoms with E-state index in [4.69, 9.17) is 4.74 Å². The number of rotatable bonds is 9. The molecular formula is C32H55NO4. The zero-order valence-corrected chi connectivity index (χ0v) is 24.6. The summed E-state index contributed by atoms with van der Waals surface area (Å²) in [5.74, 6) is 5.50. The molecule has 0 radical (unpaired) electrons. The summed E-state index contributed by atoms with van der Waals surface area (Å²) in [6, 6.07) is -0.874. The molecule has 5 heteroatoms. The SMILES string of the molecule is CC(=O)C(CO)NC(=O)OC1CCC2(C)C(CCC3C2CCC2(C)C(C(C)CCCC(C)C)CCC32)C1. The molecule has 4 aliphatic rings. The molecule has 0 bridgehead atoms. The highest BCUT2D eigenvalue weighted by Crippen LogP contribution is 2.68. The first-order chi connectivity index (χ1) is 17.5. The van der Waals surface area contributed by atoms with Crippen LogP contribution in [-0.2, 0) is 9.53 Å². The molecular weight excluding hydrogens is 462 g/mol. The van der Waals surface area contributed by atoms with Gasteiger partial charge in [0.25, 0.3) is 0 Å². The van der Waals surface area contributed by atoms with Gasteiger partial charge in [0.1, 0.15) is 12.1 Å². The number of aliphatic hydroxyl groups excluding tert-OH is 1. The van der Waals surface area contributed by atoms with E-state index in [1.165, 1.54) is 64.7 Å². The van der Waals surface area contributed by atoms with Crippen LogP contribution in [0.5, 0.6) is 0 Å². The molecule has 1 amide bonds. The first kappa shape index (κ1) is 28.9. The minimum Gasteiger partial charge on any atom is -0.446 e.